The topological polar surface area (TPSA) is 28.4 Å². The van der Waals surface area contributed by atoms with E-state index >= 15 is 0 Å². The highest BCUT2D eigenvalue weighted by atomic mass is 32.1. The molecule has 1 aliphatic rings. The summed E-state index contributed by atoms with van der Waals surface area (Å²) in [6.07, 6.45) is 3.92. The fraction of sp³-hybridized carbons (Fsp3) is 0.312. The molecule has 1 aromatic heterocycles. The summed E-state index contributed by atoms with van der Waals surface area (Å²) < 4.78 is 5.33. The molecule has 0 bridgehead atoms. The van der Waals surface area contributed by atoms with Crippen molar-refractivity contribution in [1.82, 2.24) is 5.32 Å². The highest BCUT2D eigenvalue weighted by Gasteiger charge is 2.25. The third-order valence-electron chi connectivity index (χ3n) is 3.74. The van der Waals surface area contributed by atoms with Crippen molar-refractivity contribution in [3.05, 3.63) is 54.0 Å². The SMILES string of the molecule is C[C@H]1CCc2ccccc2N1C(=S)NCc1ccco1. The molecular formula is C16H18N2OS. The molecule has 1 aliphatic heterocycles. The van der Waals surface area contributed by atoms with Crippen LogP contribution in [0.5, 0.6) is 0 Å². The van der Waals surface area contributed by atoms with E-state index in [1.54, 1.807) is 6.26 Å². The minimum absolute atomic E-state index is 0.418. The second-order valence-electron chi connectivity index (χ2n) is 5.12. The molecule has 0 amide bonds. The summed E-state index contributed by atoms with van der Waals surface area (Å²) in [6, 6.07) is 12.7. The quantitative estimate of drug-likeness (QED) is 0.855. The Morgan fingerprint density at radius 1 is 1.35 bits per heavy atom. The Balaban J connectivity index is 1.76. The van der Waals surface area contributed by atoms with E-state index in [0.29, 0.717) is 12.6 Å². The number of para-hydroxylation sites is 1. The first-order valence-corrected chi connectivity index (χ1v) is 7.34. The molecule has 1 atom stereocenters. The summed E-state index contributed by atoms with van der Waals surface area (Å²) in [6.45, 7) is 2.84. The average Bonchev–Trinajstić information content (AvgIpc) is 2.98. The molecule has 4 heteroatoms. The number of hydrogen-bond donors (Lipinski definition) is 1. The number of fused-ring (bicyclic) bond motifs is 1. The summed E-state index contributed by atoms with van der Waals surface area (Å²) in [7, 11) is 0. The average molecular weight is 286 g/mol. The molecule has 3 rings (SSSR count). The van der Waals surface area contributed by atoms with E-state index in [4.69, 9.17) is 16.6 Å². The van der Waals surface area contributed by atoms with Gasteiger partial charge in [0.15, 0.2) is 5.11 Å². The van der Waals surface area contributed by atoms with E-state index in [1.807, 2.05) is 12.1 Å². The van der Waals surface area contributed by atoms with Crippen LogP contribution in [0.25, 0.3) is 0 Å². The highest BCUT2D eigenvalue weighted by molar-refractivity contribution is 7.80. The molecule has 1 aromatic carbocycles. The smallest absolute Gasteiger partial charge is 0.174 e. The molecule has 104 valence electrons. The normalized spacial score (nSPS) is 17.6. The van der Waals surface area contributed by atoms with Gasteiger partial charge in [-0.25, -0.2) is 0 Å². The molecule has 0 saturated carbocycles. The Morgan fingerprint density at radius 2 is 2.20 bits per heavy atom. The molecule has 0 fully saturated rings. The van der Waals surface area contributed by atoms with Crippen LogP contribution in [0.3, 0.4) is 0 Å². The minimum Gasteiger partial charge on any atom is -0.467 e. The van der Waals surface area contributed by atoms with Gasteiger partial charge in [0.05, 0.1) is 12.8 Å². The monoisotopic (exact) mass is 286 g/mol. The third kappa shape index (κ3) is 2.56. The second-order valence-corrected chi connectivity index (χ2v) is 5.51. The number of anilines is 1. The van der Waals surface area contributed by atoms with Crippen LogP contribution in [0.15, 0.2) is 47.1 Å². The molecule has 0 radical (unpaired) electrons. The largest absolute Gasteiger partial charge is 0.467 e. The zero-order valence-corrected chi connectivity index (χ0v) is 12.3. The number of rotatable bonds is 2. The van der Waals surface area contributed by atoms with Crippen molar-refractivity contribution < 1.29 is 4.42 Å². The van der Waals surface area contributed by atoms with E-state index in [9.17, 15) is 0 Å². The van der Waals surface area contributed by atoms with Gasteiger partial charge in [0.2, 0.25) is 0 Å². The first-order valence-electron chi connectivity index (χ1n) is 6.93. The molecule has 1 N–H and O–H groups in total. The number of benzene rings is 1. The molecule has 0 saturated heterocycles. The lowest BCUT2D eigenvalue weighted by atomic mass is 9.97. The van der Waals surface area contributed by atoms with Crippen LogP contribution in [-0.4, -0.2) is 11.2 Å². The Labute approximate surface area is 124 Å². The molecule has 20 heavy (non-hydrogen) atoms. The lowest BCUT2D eigenvalue weighted by Crippen LogP contribution is -2.47. The molecule has 3 nitrogen and oxygen atoms in total. The zero-order valence-electron chi connectivity index (χ0n) is 11.5. The Morgan fingerprint density at radius 3 is 3.00 bits per heavy atom. The van der Waals surface area contributed by atoms with E-state index in [0.717, 1.165) is 23.7 Å². The minimum atomic E-state index is 0.418. The number of nitrogens with zero attached hydrogens (tertiary/aromatic N) is 1. The van der Waals surface area contributed by atoms with Gasteiger partial charge in [0.1, 0.15) is 5.76 Å². The van der Waals surface area contributed by atoms with Crippen LogP contribution in [0.1, 0.15) is 24.7 Å². The van der Waals surface area contributed by atoms with E-state index in [1.165, 1.54) is 11.3 Å². The van der Waals surface area contributed by atoms with Crippen LogP contribution in [0.2, 0.25) is 0 Å². The lowest BCUT2D eigenvalue weighted by Gasteiger charge is -2.37. The van der Waals surface area contributed by atoms with Crippen molar-refractivity contribution in [2.75, 3.05) is 4.90 Å². The Kier molecular flexibility index (Phi) is 3.74. The first kappa shape index (κ1) is 13.2. The number of thiocarbonyl (C=S) groups is 1. The zero-order chi connectivity index (χ0) is 13.9. The van der Waals surface area contributed by atoms with Crippen molar-refractivity contribution in [1.29, 1.82) is 0 Å². The van der Waals surface area contributed by atoms with Gasteiger partial charge in [-0.3, -0.25) is 0 Å². The first-order chi connectivity index (χ1) is 9.75. The fourth-order valence-electron chi connectivity index (χ4n) is 2.66. The summed E-state index contributed by atoms with van der Waals surface area (Å²) in [5.74, 6) is 0.894. The Bertz CT molecular complexity index is 594. The molecule has 2 heterocycles. The van der Waals surface area contributed by atoms with Gasteiger partial charge >= 0.3 is 0 Å². The number of furan rings is 1. The Hall–Kier alpha value is -1.81. The van der Waals surface area contributed by atoms with Crippen molar-refractivity contribution in [3.63, 3.8) is 0 Å². The van der Waals surface area contributed by atoms with Gasteiger partial charge < -0.3 is 14.6 Å². The summed E-state index contributed by atoms with van der Waals surface area (Å²) in [5, 5.41) is 4.05. The van der Waals surface area contributed by atoms with E-state index < -0.39 is 0 Å². The van der Waals surface area contributed by atoms with E-state index in [2.05, 4.69) is 41.4 Å². The summed E-state index contributed by atoms with van der Waals surface area (Å²) in [4.78, 5) is 2.22. The van der Waals surface area contributed by atoms with Gasteiger partial charge in [-0.15, -0.1) is 0 Å². The predicted octanol–water partition coefficient (Wildman–Crippen LogP) is 3.50. The summed E-state index contributed by atoms with van der Waals surface area (Å²) >= 11 is 5.57. The highest BCUT2D eigenvalue weighted by Crippen LogP contribution is 2.30. The molecular weight excluding hydrogens is 268 g/mol. The van der Waals surface area contributed by atoms with Gasteiger partial charge in [0.25, 0.3) is 0 Å². The maximum Gasteiger partial charge on any atom is 0.174 e. The van der Waals surface area contributed by atoms with Crippen LogP contribution >= 0.6 is 12.2 Å². The third-order valence-corrected chi connectivity index (χ3v) is 4.08. The maximum absolute atomic E-state index is 5.57. The summed E-state index contributed by atoms with van der Waals surface area (Å²) in [5.41, 5.74) is 2.59. The van der Waals surface area contributed by atoms with Crippen LogP contribution in [-0.2, 0) is 13.0 Å². The molecule has 0 aliphatic carbocycles. The van der Waals surface area contributed by atoms with Crippen molar-refractivity contribution >= 4 is 23.0 Å². The molecule has 0 spiro atoms. The van der Waals surface area contributed by atoms with Crippen molar-refractivity contribution in [2.45, 2.75) is 32.4 Å². The maximum atomic E-state index is 5.57. The van der Waals surface area contributed by atoms with Crippen LogP contribution in [0.4, 0.5) is 5.69 Å². The van der Waals surface area contributed by atoms with Gasteiger partial charge in [0, 0.05) is 11.7 Å². The van der Waals surface area contributed by atoms with Gasteiger partial charge in [-0.05, 0) is 55.7 Å². The molecule has 0 unspecified atom stereocenters. The number of nitrogens with one attached hydrogen (secondary N) is 1. The lowest BCUT2D eigenvalue weighted by molar-refractivity contribution is 0.502. The van der Waals surface area contributed by atoms with Gasteiger partial charge in [-0.1, -0.05) is 18.2 Å². The van der Waals surface area contributed by atoms with E-state index in [-0.39, 0.29) is 0 Å². The number of aryl methyl sites for hydroxylation is 1. The van der Waals surface area contributed by atoms with Crippen molar-refractivity contribution in [2.24, 2.45) is 0 Å². The van der Waals surface area contributed by atoms with Crippen molar-refractivity contribution in [3.8, 4) is 0 Å². The fourth-order valence-corrected chi connectivity index (χ4v) is 3.01. The van der Waals surface area contributed by atoms with Crippen LogP contribution < -0.4 is 10.2 Å². The molecule has 2 aromatic rings. The predicted molar refractivity (Wildman–Crippen MR) is 84.8 cm³/mol. The standard InChI is InChI=1S/C16H18N2OS/c1-12-8-9-13-5-2-3-7-15(13)18(12)16(20)17-11-14-6-4-10-19-14/h2-7,10,12H,8-9,11H2,1H3,(H,17,20)/t12-/m0/s1. The number of hydrogen-bond acceptors (Lipinski definition) is 2. The van der Waals surface area contributed by atoms with Gasteiger partial charge in [-0.2, -0.15) is 0 Å². The van der Waals surface area contributed by atoms with Crippen LogP contribution in [0, 0.1) is 0 Å². The second kappa shape index (κ2) is 5.67.